The summed E-state index contributed by atoms with van der Waals surface area (Å²) in [6.07, 6.45) is 3.15. The molecule has 0 unspecified atom stereocenters. The molecule has 26 heavy (non-hydrogen) atoms. The smallest absolute Gasteiger partial charge is 0.271 e. The molecular weight excluding hydrogens is 356 g/mol. The molecule has 142 valence electrons. The van der Waals surface area contributed by atoms with Crippen LogP contribution in [-0.4, -0.2) is 66.4 Å². The number of anilines is 1. The van der Waals surface area contributed by atoms with E-state index in [4.69, 9.17) is 11.6 Å². The van der Waals surface area contributed by atoms with E-state index in [0.717, 1.165) is 69.8 Å². The second-order valence-electron chi connectivity index (χ2n) is 7.05. The summed E-state index contributed by atoms with van der Waals surface area (Å²) in [6.45, 7) is 7.34. The number of rotatable bonds is 4. The number of carbonyl (C=O) groups is 1. The fourth-order valence-electron chi connectivity index (χ4n) is 3.83. The number of benzene rings is 1. The summed E-state index contributed by atoms with van der Waals surface area (Å²) in [7, 11) is 0. The fraction of sp³-hybridized carbons (Fsp3) is 0.611. The van der Waals surface area contributed by atoms with E-state index in [1.54, 1.807) is 6.07 Å². The Kier molecular flexibility index (Phi) is 5.98. The summed E-state index contributed by atoms with van der Waals surface area (Å²) in [5.74, 6) is 0.223. The quantitative estimate of drug-likeness (QED) is 0.593. The monoisotopic (exact) mass is 380 g/mol. The van der Waals surface area contributed by atoms with Gasteiger partial charge in [0.05, 0.1) is 22.2 Å². The van der Waals surface area contributed by atoms with Gasteiger partial charge in [-0.25, -0.2) is 0 Å². The van der Waals surface area contributed by atoms with Crippen LogP contribution in [0.25, 0.3) is 0 Å². The van der Waals surface area contributed by atoms with Crippen molar-refractivity contribution in [3.8, 4) is 0 Å². The highest BCUT2D eigenvalue weighted by Gasteiger charge is 2.24. The van der Waals surface area contributed by atoms with Gasteiger partial charge in [0.2, 0.25) is 5.91 Å². The Balaban J connectivity index is 1.65. The summed E-state index contributed by atoms with van der Waals surface area (Å²) >= 11 is 6.35. The molecule has 2 aliphatic heterocycles. The van der Waals surface area contributed by atoms with Crippen molar-refractivity contribution >= 4 is 28.9 Å². The van der Waals surface area contributed by atoms with Gasteiger partial charge in [0.15, 0.2) is 0 Å². The summed E-state index contributed by atoms with van der Waals surface area (Å²) in [5.41, 5.74) is 1.69. The third-order valence-electron chi connectivity index (χ3n) is 5.17. The number of nitro groups is 1. The van der Waals surface area contributed by atoms with Crippen LogP contribution in [0.4, 0.5) is 11.4 Å². The molecule has 7 nitrogen and oxygen atoms in total. The molecule has 0 saturated carbocycles. The first-order valence-electron chi connectivity index (χ1n) is 9.15. The Labute approximate surface area is 158 Å². The standard InChI is InChI=1S/C18H25ClN4O3/c1-14-11-15(23(25)26)12-16(19)18(14)22-8-4-5-20(9-10-22)13-17(24)21-6-2-3-7-21/h11-12H,2-10,13H2,1H3. The zero-order valence-electron chi connectivity index (χ0n) is 15.1. The molecule has 0 atom stereocenters. The second kappa shape index (κ2) is 8.22. The third kappa shape index (κ3) is 4.27. The van der Waals surface area contributed by atoms with E-state index in [0.29, 0.717) is 11.6 Å². The van der Waals surface area contributed by atoms with Crippen molar-refractivity contribution in [3.63, 3.8) is 0 Å². The van der Waals surface area contributed by atoms with E-state index in [9.17, 15) is 14.9 Å². The number of hydrogen-bond acceptors (Lipinski definition) is 5. The minimum absolute atomic E-state index is 0.0175. The van der Waals surface area contributed by atoms with E-state index in [1.807, 2.05) is 11.8 Å². The van der Waals surface area contributed by atoms with E-state index in [1.165, 1.54) is 6.07 Å². The zero-order chi connectivity index (χ0) is 18.7. The zero-order valence-corrected chi connectivity index (χ0v) is 15.9. The van der Waals surface area contributed by atoms with Gasteiger partial charge in [-0.2, -0.15) is 0 Å². The molecule has 0 N–H and O–H groups in total. The summed E-state index contributed by atoms with van der Waals surface area (Å²) in [5, 5.41) is 11.4. The first kappa shape index (κ1) is 18.9. The number of halogens is 1. The number of non-ortho nitro benzene ring substituents is 1. The molecule has 2 heterocycles. The Morgan fingerprint density at radius 1 is 1.12 bits per heavy atom. The lowest BCUT2D eigenvalue weighted by Crippen LogP contribution is -2.40. The van der Waals surface area contributed by atoms with Crippen LogP contribution < -0.4 is 4.90 Å². The summed E-state index contributed by atoms with van der Waals surface area (Å²) in [6, 6.07) is 2.99. The third-order valence-corrected chi connectivity index (χ3v) is 5.46. The van der Waals surface area contributed by atoms with Crippen LogP contribution in [0.2, 0.25) is 5.02 Å². The molecule has 8 heteroatoms. The Hall–Kier alpha value is -1.86. The molecule has 0 radical (unpaired) electrons. The Morgan fingerprint density at radius 2 is 1.85 bits per heavy atom. The van der Waals surface area contributed by atoms with Crippen LogP contribution in [0.15, 0.2) is 12.1 Å². The van der Waals surface area contributed by atoms with Crippen LogP contribution in [0.5, 0.6) is 0 Å². The van der Waals surface area contributed by atoms with Crippen molar-refractivity contribution in [2.45, 2.75) is 26.2 Å². The molecule has 2 fully saturated rings. The van der Waals surface area contributed by atoms with Gasteiger partial charge in [-0.1, -0.05) is 11.6 Å². The van der Waals surface area contributed by atoms with Gasteiger partial charge in [0, 0.05) is 51.4 Å². The van der Waals surface area contributed by atoms with E-state index < -0.39 is 4.92 Å². The lowest BCUT2D eigenvalue weighted by atomic mass is 10.1. The second-order valence-corrected chi connectivity index (χ2v) is 7.46. The largest absolute Gasteiger partial charge is 0.369 e. The SMILES string of the molecule is Cc1cc([N+](=O)[O-])cc(Cl)c1N1CCCN(CC(=O)N2CCCC2)CC1. The first-order chi connectivity index (χ1) is 12.5. The highest BCUT2D eigenvalue weighted by atomic mass is 35.5. The molecule has 0 aliphatic carbocycles. The van der Waals surface area contributed by atoms with Gasteiger partial charge >= 0.3 is 0 Å². The van der Waals surface area contributed by atoms with Crippen LogP contribution in [-0.2, 0) is 4.79 Å². The molecule has 1 amide bonds. The van der Waals surface area contributed by atoms with Crippen molar-refractivity contribution in [3.05, 3.63) is 32.8 Å². The average molecular weight is 381 g/mol. The Bertz CT molecular complexity index is 668. The summed E-state index contributed by atoms with van der Waals surface area (Å²) < 4.78 is 0. The number of carbonyl (C=O) groups excluding carboxylic acids is 1. The van der Waals surface area contributed by atoms with Gasteiger partial charge in [-0.3, -0.25) is 19.8 Å². The maximum atomic E-state index is 12.4. The van der Waals surface area contributed by atoms with Crippen molar-refractivity contribution in [2.75, 3.05) is 50.7 Å². The first-order valence-corrected chi connectivity index (χ1v) is 9.53. The normalized spacial score (nSPS) is 18.8. The van der Waals surface area contributed by atoms with Gasteiger partial charge in [0.25, 0.3) is 5.69 Å². The molecule has 0 aromatic heterocycles. The number of hydrogen-bond donors (Lipinski definition) is 0. The van der Waals surface area contributed by atoms with Gasteiger partial charge < -0.3 is 9.80 Å². The molecule has 2 aliphatic rings. The van der Waals surface area contributed by atoms with E-state index >= 15 is 0 Å². The van der Waals surface area contributed by atoms with Gasteiger partial charge in [-0.15, -0.1) is 0 Å². The number of amides is 1. The van der Waals surface area contributed by atoms with Crippen molar-refractivity contribution in [2.24, 2.45) is 0 Å². The minimum Gasteiger partial charge on any atom is -0.369 e. The lowest BCUT2D eigenvalue weighted by Gasteiger charge is -2.26. The highest BCUT2D eigenvalue weighted by Crippen LogP contribution is 2.34. The van der Waals surface area contributed by atoms with Gasteiger partial charge in [-0.05, 0) is 31.7 Å². The van der Waals surface area contributed by atoms with Crippen LogP contribution in [0.3, 0.4) is 0 Å². The molecule has 1 aromatic carbocycles. The number of nitrogens with zero attached hydrogens (tertiary/aromatic N) is 4. The Morgan fingerprint density at radius 3 is 2.50 bits per heavy atom. The van der Waals surface area contributed by atoms with Crippen LogP contribution in [0.1, 0.15) is 24.8 Å². The fourth-order valence-corrected chi connectivity index (χ4v) is 4.22. The molecule has 2 saturated heterocycles. The minimum atomic E-state index is -0.420. The average Bonchev–Trinajstić information content (AvgIpc) is 3.03. The molecule has 0 spiro atoms. The summed E-state index contributed by atoms with van der Waals surface area (Å²) in [4.78, 5) is 29.3. The number of likely N-dealkylation sites (tertiary alicyclic amines) is 1. The molecule has 0 bridgehead atoms. The lowest BCUT2D eigenvalue weighted by molar-refractivity contribution is -0.384. The topological polar surface area (TPSA) is 69.9 Å². The van der Waals surface area contributed by atoms with E-state index in [2.05, 4.69) is 9.80 Å². The predicted octanol–water partition coefficient (Wildman–Crippen LogP) is 2.69. The number of nitro benzene ring substituents is 1. The van der Waals surface area contributed by atoms with Crippen molar-refractivity contribution in [1.82, 2.24) is 9.80 Å². The molecule has 1 aromatic rings. The number of aryl methyl sites for hydroxylation is 1. The van der Waals surface area contributed by atoms with E-state index in [-0.39, 0.29) is 11.6 Å². The van der Waals surface area contributed by atoms with Crippen molar-refractivity contribution in [1.29, 1.82) is 0 Å². The molecule has 3 rings (SSSR count). The van der Waals surface area contributed by atoms with Crippen LogP contribution in [0, 0.1) is 17.0 Å². The van der Waals surface area contributed by atoms with Crippen molar-refractivity contribution < 1.29 is 9.72 Å². The van der Waals surface area contributed by atoms with Crippen LogP contribution >= 0.6 is 11.6 Å². The predicted molar refractivity (Wildman–Crippen MR) is 102 cm³/mol. The maximum absolute atomic E-state index is 12.4. The highest BCUT2D eigenvalue weighted by molar-refractivity contribution is 6.33. The van der Waals surface area contributed by atoms with Gasteiger partial charge in [0.1, 0.15) is 0 Å². The molecular formula is C18H25ClN4O3. The maximum Gasteiger partial charge on any atom is 0.271 e.